The Hall–Kier alpha value is -1.85. The molecule has 0 heterocycles. The van der Waals surface area contributed by atoms with E-state index in [1.807, 2.05) is 6.07 Å². The van der Waals surface area contributed by atoms with E-state index in [9.17, 15) is 4.57 Å². The molecule has 0 aliphatic carbocycles. The Labute approximate surface area is 110 Å². The second-order valence-corrected chi connectivity index (χ2v) is 4.99. The van der Waals surface area contributed by atoms with E-state index in [2.05, 4.69) is 10.1 Å². The van der Waals surface area contributed by atoms with Gasteiger partial charge in [0.25, 0.3) is 0 Å². The van der Waals surface area contributed by atoms with Gasteiger partial charge in [-0.3, -0.25) is 5.48 Å². The summed E-state index contributed by atoms with van der Waals surface area (Å²) < 4.78 is 26.4. The van der Waals surface area contributed by atoms with Crippen molar-refractivity contribution in [3.8, 4) is 5.75 Å². The van der Waals surface area contributed by atoms with Crippen molar-refractivity contribution in [1.82, 2.24) is 0 Å². The van der Waals surface area contributed by atoms with E-state index in [0.29, 0.717) is 11.4 Å². The molecule has 100 valence electrons. The van der Waals surface area contributed by atoms with E-state index in [1.54, 1.807) is 54.6 Å². The largest absolute Gasteiger partial charge is 0.568 e. The summed E-state index contributed by atoms with van der Waals surface area (Å²) in [5, 5.41) is 0. The highest BCUT2D eigenvalue weighted by Gasteiger charge is 2.29. The summed E-state index contributed by atoms with van der Waals surface area (Å²) in [5.41, 5.74) is 3.06. The van der Waals surface area contributed by atoms with Crippen molar-refractivity contribution in [3.63, 3.8) is 0 Å². The fourth-order valence-corrected chi connectivity index (χ4v) is 2.01. The SMILES string of the molecule is NOP(=O)(ONc1ccccc1)Oc1ccccc1. The quantitative estimate of drug-likeness (QED) is 0.625. The molecule has 0 spiro atoms. The molecule has 1 atom stereocenters. The van der Waals surface area contributed by atoms with E-state index in [-0.39, 0.29) is 0 Å². The molecule has 0 amide bonds. The molecule has 0 radical (unpaired) electrons. The van der Waals surface area contributed by atoms with Crippen LogP contribution in [0.4, 0.5) is 5.69 Å². The van der Waals surface area contributed by atoms with Crippen LogP contribution in [-0.2, 0) is 13.8 Å². The zero-order valence-corrected chi connectivity index (χ0v) is 10.8. The molecule has 0 bridgehead atoms. The number of hydrogen-bond acceptors (Lipinski definition) is 6. The molecule has 0 aliphatic rings. The van der Waals surface area contributed by atoms with Crippen LogP contribution in [0.1, 0.15) is 0 Å². The van der Waals surface area contributed by atoms with Crippen molar-refractivity contribution < 1.29 is 18.3 Å². The summed E-state index contributed by atoms with van der Waals surface area (Å²) in [4.78, 5) is 0. The predicted octanol–water partition coefficient (Wildman–Crippen LogP) is 3.11. The maximum atomic E-state index is 12.1. The molecule has 2 rings (SSSR count). The summed E-state index contributed by atoms with van der Waals surface area (Å²) >= 11 is 0. The van der Waals surface area contributed by atoms with Crippen LogP contribution in [0.5, 0.6) is 5.75 Å². The maximum Gasteiger partial charge on any atom is 0.568 e. The Morgan fingerprint density at radius 1 is 0.947 bits per heavy atom. The molecule has 1 unspecified atom stereocenters. The van der Waals surface area contributed by atoms with Crippen molar-refractivity contribution in [2.45, 2.75) is 0 Å². The third-order valence-electron chi connectivity index (χ3n) is 2.14. The van der Waals surface area contributed by atoms with Crippen LogP contribution in [-0.4, -0.2) is 0 Å². The van der Waals surface area contributed by atoms with Crippen LogP contribution in [0, 0.1) is 0 Å². The number of benzene rings is 2. The minimum absolute atomic E-state index is 0.325. The van der Waals surface area contributed by atoms with E-state index in [1.165, 1.54) is 0 Å². The van der Waals surface area contributed by atoms with Gasteiger partial charge in [0.1, 0.15) is 5.75 Å². The Balaban J connectivity index is 2.00. The van der Waals surface area contributed by atoms with Crippen molar-refractivity contribution in [2.24, 2.45) is 5.90 Å². The Morgan fingerprint density at radius 3 is 2.11 bits per heavy atom. The van der Waals surface area contributed by atoms with E-state index in [4.69, 9.17) is 15.0 Å². The third-order valence-corrected chi connectivity index (χ3v) is 3.15. The summed E-state index contributed by atoms with van der Waals surface area (Å²) in [6, 6.07) is 17.3. The fourth-order valence-electron chi connectivity index (χ4n) is 1.29. The Morgan fingerprint density at radius 2 is 1.53 bits per heavy atom. The van der Waals surface area contributed by atoms with Gasteiger partial charge >= 0.3 is 7.82 Å². The first-order valence-electron chi connectivity index (χ1n) is 5.45. The molecule has 7 heteroatoms. The van der Waals surface area contributed by atoms with Gasteiger partial charge in [-0.15, -0.1) is 0 Å². The predicted molar refractivity (Wildman–Crippen MR) is 71.1 cm³/mol. The van der Waals surface area contributed by atoms with Crippen LogP contribution in [0.2, 0.25) is 0 Å². The highest BCUT2D eigenvalue weighted by molar-refractivity contribution is 7.48. The number of anilines is 1. The molecule has 0 aromatic heterocycles. The zero-order valence-electron chi connectivity index (χ0n) is 9.93. The van der Waals surface area contributed by atoms with Gasteiger partial charge in [-0.2, -0.15) is 9.25 Å². The zero-order chi connectivity index (χ0) is 13.6. The first kappa shape index (κ1) is 13.6. The summed E-state index contributed by atoms with van der Waals surface area (Å²) in [5.74, 6) is 5.29. The molecule has 2 aromatic rings. The molecule has 2 aromatic carbocycles. The highest BCUT2D eigenvalue weighted by atomic mass is 31.2. The minimum atomic E-state index is -3.92. The van der Waals surface area contributed by atoms with Gasteiger partial charge in [-0.05, 0) is 24.3 Å². The van der Waals surface area contributed by atoms with Crippen LogP contribution >= 0.6 is 7.82 Å². The Bertz CT molecular complexity index is 550. The third kappa shape index (κ3) is 4.08. The summed E-state index contributed by atoms with van der Waals surface area (Å²) in [6.45, 7) is 0. The number of nitrogens with two attached hydrogens (primary N) is 1. The van der Waals surface area contributed by atoms with Gasteiger partial charge in [0.2, 0.25) is 0 Å². The molecule has 0 aliphatic heterocycles. The minimum Gasteiger partial charge on any atom is -0.402 e. The van der Waals surface area contributed by atoms with Crippen molar-refractivity contribution in [2.75, 3.05) is 5.48 Å². The van der Waals surface area contributed by atoms with Crippen LogP contribution < -0.4 is 15.9 Å². The van der Waals surface area contributed by atoms with Crippen LogP contribution in [0.15, 0.2) is 60.7 Å². The lowest BCUT2D eigenvalue weighted by atomic mass is 10.3. The van der Waals surface area contributed by atoms with Gasteiger partial charge in [0.15, 0.2) is 0 Å². The molecule has 0 fully saturated rings. The van der Waals surface area contributed by atoms with Gasteiger partial charge < -0.3 is 4.52 Å². The fraction of sp³-hybridized carbons (Fsp3) is 0. The lowest BCUT2D eigenvalue weighted by Crippen LogP contribution is -2.10. The highest BCUT2D eigenvalue weighted by Crippen LogP contribution is 2.47. The van der Waals surface area contributed by atoms with Crippen molar-refractivity contribution >= 4 is 13.5 Å². The van der Waals surface area contributed by atoms with Gasteiger partial charge in [-0.1, -0.05) is 36.4 Å². The molecule has 6 nitrogen and oxygen atoms in total. The van der Waals surface area contributed by atoms with E-state index >= 15 is 0 Å². The molecular weight excluding hydrogens is 267 g/mol. The van der Waals surface area contributed by atoms with Crippen molar-refractivity contribution in [1.29, 1.82) is 0 Å². The smallest absolute Gasteiger partial charge is 0.402 e. The topological polar surface area (TPSA) is 82.8 Å². The maximum absolute atomic E-state index is 12.1. The summed E-state index contributed by atoms with van der Waals surface area (Å²) in [6.07, 6.45) is 0. The molecular formula is C12H13N2O4P. The van der Waals surface area contributed by atoms with Crippen LogP contribution in [0.25, 0.3) is 0 Å². The average molecular weight is 280 g/mol. The lowest BCUT2D eigenvalue weighted by Gasteiger charge is -2.16. The molecule has 3 N–H and O–H groups in total. The van der Waals surface area contributed by atoms with Crippen molar-refractivity contribution in [3.05, 3.63) is 60.7 Å². The average Bonchev–Trinajstić information content (AvgIpc) is 2.47. The van der Waals surface area contributed by atoms with Gasteiger partial charge in [0.05, 0.1) is 5.69 Å². The van der Waals surface area contributed by atoms with Crippen LogP contribution in [0.3, 0.4) is 0 Å². The first-order valence-corrected chi connectivity index (χ1v) is 6.91. The Kier molecular flexibility index (Phi) is 4.54. The van der Waals surface area contributed by atoms with E-state index < -0.39 is 7.82 Å². The number of phosphoric acid groups is 1. The number of para-hydroxylation sites is 2. The summed E-state index contributed by atoms with van der Waals surface area (Å²) in [7, 11) is -3.92. The second kappa shape index (κ2) is 6.36. The first-order chi connectivity index (χ1) is 9.22. The number of hydrogen-bond donors (Lipinski definition) is 2. The lowest BCUT2D eigenvalue weighted by molar-refractivity contribution is 0.181. The number of nitrogens with one attached hydrogen (secondary N) is 1. The molecule has 0 saturated carbocycles. The van der Waals surface area contributed by atoms with Gasteiger partial charge in [0, 0.05) is 0 Å². The molecule has 0 saturated heterocycles. The number of rotatable bonds is 6. The standard InChI is InChI=1S/C12H13N2O4P/c13-17-19(15,16-12-9-5-2-6-10-12)18-14-11-7-3-1-4-8-11/h1-10,14H,13H2. The molecule has 19 heavy (non-hydrogen) atoms. The monoisotopic (exact) mass is 280 g/mol. The second-order valence-electron chi connectivity index (χ2n) is 3.52. The normalized spacial score (nSPS) is 13.5. The van der Waals surface area contributed by atoms with Gasteiger partial charge in [-0.25, -0.2) is 10.5 Å². The van der Waals surface area contributed by atoms with E-state index in [0.717, 1.165) is 0 Å².